The van der Waals surface area contributed by atoms with Crippen molar-refractivity contribution < 1.29 is 34.8 Å². The molecule has 0 saturated heterocycles. The van der Waals surface area contributed by atoms with Gasteiger partial charge in [-0.25, -0.2) is 0 Å². The summed E-state index contributed by atoms with van der Waals surface area (Å²) in [5.41, 5.74) is 3.79. The Kier molecular flexibility index (Phi) is 6.98. The fourth-order valence-electron chi connectivity index (χ4n) is 7.23. The fraction of sp³-hybridized carbons (Fsp3) is 0.406. The molecule has 3 aliphatic carbocycles. The van der Waals surface area contributed by atoms with E-state index in [1.807, 2.05) is 55.4 Å². The van der Waals surface area contributed by atoms with Crippen LogP contribution in [0.4, 0.5) is 5.69 Å². The second kappa shape index (κ2) is 9.99. The molecule has 10 nitrogen and oxygen atoms in total. The highest BCUT2D eigenvalue weighted by molar-refractivity contribution is 6.24. The maximum Gasteiger partial charge on any atom is 0.255 e. The average Bonchev–Trinajstić information content (AvgIpc) is 2.90. The molecule has 0 bridgehead atoms. The fourth-order valence-corrected chi connectivity index (χ4v) is 7.23. The van der Waals surface area contributed by atoms with Gasteiger partial charge in [-0.3, -0.25) is 19.3 Å². The Balaban J connectivity index is 1.72. The summed E-state index contributed by atoms with van der Waals surface area (Å²) in [4.78, 5) is 43.2. The van der Waals surface area contributed by atoms with Gasteiger partial charge in [-0.15, -0.1) is 0 Å². The van der Waals surface area contributed by atoms with Crippen molar-refractivity contribution >= 4 is 28.9 Å². The van der Waals surface area contributed by atoms with Crippen molar-refractivity contribution in [1.82, 2.24) is 4.90 Å². The molecule has 5 rings (SSSR count). The van der Waals surface area contributed by atoms with Gasteiger partial charge in [0.05, 0.1) is 11.6 Å². The highest BCUT2D eigenvalue weighted by Gasteiger charge is 2.66. The van der Waals surface area contributed by atoms with Crippen molar-refractivity contribution in [2.24, 2.45) is 17.1 Å². The van der Waals surface area contributed by atoms with E-state index >= 15 is 0 Å². The minimum absolute atomic E-state index is 0.0160. The van der Waals surface area contributed by atoms with E-state index in [9.17, 15) is 34.8 Å². The standard InChI is InChI=1S/C32H37N3O7/c1-31-14-18-20(34(2)3)13-17(12-11-16-9-7-6-8-10-16)25(36)21(18)26(37)23(31)29(40)32(42)19(15-31)24(35(4)5)27(38)22(28(32)39)30(33)41/h6-10,13,19,24,36-37,39,42H,11-12,14-15H2,1-5H3,(H2,33,41)/t19-,24-,31-,32+/m0/s1. The highest BCUT2D eigenvalue weighted by atomic mass is 16.3. The molecule has 6 N–H and O–H groups in total. The van der Waals surface area contributed by atoms with Crippen LogP contribution in [0.1, 0.15) is 35.6 Å². The third kappa shape index (κ3) is 4.12. The number of likely N-dealkylation sites (N-methyl/N-ethyl adjacent to an activating group) is 1. The number of rotatable bonds is 6. The zero-order valence-corrected chi connectivity index (χ0v) is 24.4. The number of amides is 1. The quantitative estimate of drug-likeness (QED) is 0.325. The number of Topliss-reactive ketones (excluding diaryl/α,β-unsaturated/α-hetero) is 2. The van der Waals surface area contributed by atoms with Crippen molar-refractivity contribution in [3.63, 3.8) is 0 Å². The first-order chi connectivity index (χ1) is 19.6. The van der Waals surface area contributed by atoms with Gasteiger partial charge in [0, 0.05) is 36.7 Å². The maximum absolute atomic E-state index is 14.3. The Bertz CT molecular complexity index is 1580. The average molecular weight is 576 g/mol. The van der Waals surface area contributed by atoms with Gasteiger partial charge >= 0.3 is 0 Å². The van der Waals surface area contributed by atoms with Gasteiger partial charge in [-0.05, 0) is 62.5 Å². The molecule has 2 aromatic rings. The van der Waals surface area contributed by atoms with Gasteiger partial charge in [0.15, 0.2) is 11.4 Å². The van der Waals surface area contributed by atoms with Crippen molar-refractivity contribution in [2.45, 2.75) is 44.2 Å². The van der Waals surface area contributed by atoms with Crippen LogP contribution in [-0.4, -0.2) is 82.6 Å². The van der Waals surface area contributed by atoms with Gasteiger partial charge in [0.25, 0.3) is 5.91 Å². The molecule has 1 fully saturated rings. The number of hydrogen-bond acceptors (Lipinski definition) is 9. The Morgan fingerprint density at radius 1 is 1.05 bits per heavy atom. The molecule has 42 heavy (non-hydrogen) atoms. The zero-order valence-electron chi connectivity index (χ0n) is 24.4. The highest BCUT2D eigenvalue weighted by Crippen LogP contribution is 2.59. The minimum atomic E-state index is -2.68. The van der Waals surface area contributed by atoms with Gasteiger partial charge in [-0.1, -0.05) is 37.3 Å². The topological polar surface area (TPSA) is 165 Å². The lowest BCUT2D eigenvalue weighted by Crippen LogP contribution is -2.67. The summed E-state index contributed by atoms with van der Waals surface area (Å²) < 4.78 is 0. The Hall–Kier alpha value is -4.15. The number of benzene rings is 2. The molecule has 0 aliphatic heterocycles. The summed E-state index contributed by atoms with van der Waals surface area (Å²) in [5, 5.41) is 46.3. The van der Waals surface area contributed by atoms with Crippen molar-refractivity contribution in [3.05, 3.63) is 75.6 Å². The number of hydrogen-bond donors (Lipinski definition) is 5. The van der Waals surface area contributed by atoms with Crippen molar-refractivity contribution in [1.29, 1.82) is 0 Å². The SMILES string of the molecule is CN(C)c1cc(CCc2ccccc2)c(O)c2c1C[C@@]1(C)C[C@H]3[C@H](N(C)C)C(=O)C(C(N)=O)=C(O)[C@@]3(O)C(=O)C1=C2O. The smallest absolute Gasteiger partial charge is 0.255 e. The van der Waals surface area contributed by atoms with Crippen LogP contribution in [0.5, 0.6) is 5.75 Å². The van der Waals surface area contributed by atoms with E-state index in [2.05, 4.69) is 0 Å². The van der Waals surface area contributed by atoms with E-state index < -0.39 is 57.5 Å². The van der Waals surface area contributed by atoms with Gasteiger partial charge < -0.3 is 31.1 Å². The number of aliphatic hydroxyl groups is 3. The minimum Gasteiger partial charge on any atom is -0.508 e. The number of nitrogens with two attached hydrogens (primary N) is 1. The number of ketones is 2. The lowest BCUT2D eigenvalue weighted by molar-refractivity contribution is -0.156. The Morgan fingerprint density at radius 3 is 2.26 bits per heavy atom. The molecule has 3 aliphatic rings. The first kappa shape index (κ1) is 29.3. The van der Waals surface area contributed by atoms with Gasteiger partial charge in [-0.2, -0.15) is 0 Å². The molecule has 1 amide bonds. The van der Waals surface area contributed by atoms with Crippen LogP contribution in [-0.2, 0) is 33.6 Å². The molecule has 0 spiro atoms. The lowest BCUT2D eigenvalue weighted by atomic mass is 9.52. The second-order valence-electron chi connectivity index (χ2n) is 12.4. The molecule has 1 saturated carbocycles. The number of anilines is 1. The number of nitrogens with zero attached hydrogens (tertiary/aromatic N) is 2. The van der Waals surface area contributed by atoms with Crippen LogP contribution in [0.25, 0.3) is 5.76 Å². The predicted octanol–water partition coefficient (Wildman–Crippen LogP) is 2.21. The van der Waals surface area contributed by atoms with Crippen LogP contribution >= 0.6 is 0 Å². The largest absolute Gasteiger partial charge is 0.508 e. The number of fused-ring (bicyclic) bond motifs is 3. The molecule has 4 atom stereocenters. The van der Waals surface area contributed by atoms with E-state index in [-0.39, 0.29) is 29.7 Å². The Morgan fingerprint density at radius 2 is 1.69 bits per heavy atom. The van der Waals surface area contributed by atoms with E-state index in [4.69, 9.17) is 5.73 Å². The molecule has 10 heteroatoms. The monoisotopic (exact) mass is 575 g/mol. The number of aromatic hydroxyl groups is 1. The van der Waals surface area contributed by atoms with Gasteiger partial charge in [0.1, 0.15) is 22.8 Å². The summed E-state index contributed by atoms with van der Waals surface area (Å²) in [6.07, 6.45) is 1.32. The number of aryl methyl sites for hydroxylation is 2. The maximum atomic E-state index is 14.3. The second-order valence-corrected chi connectivity index (χ2v) is 12.4. The van der Waals surface area contributed by atoms with Crippen LogP contribution in [0, 0.1) is 11.3 Å². The Labute approximate surface area is 244 Å². The van der Waals surface area contributed by atoms with E-state index in [0.29, 0.717) is 24.0 Å². The van der Waals surface area contributed by atoms with Crippen LogP contribution in [0.3, 0.4) is 0 Å². The summed E-state index contributed by atoms with van der Waals surface area (Å²) in [7, 11) is 6.87. The number of aliphatic hydroxyl groups excluding tert-OH is 2. The van der Waals surface area contributed by atoms with E-state index in [0.717, 1.165) is 11.3 Å². The number of carbonyl (C=O) groups excluding carboxylic acids is 3. The predicted molar refractivity (Wildman–Crippen MR) is 157 cm³/mol. The summed E-state index contributed by atoms with van der Waals surface area (Å²) in [5.74, 6) is -5.97. The zero-order chi connectivity index (χ0) is 30.9. The van der Waals surface area contributed by atoms with Crippen LogP contribution in [0.2, 0.25) is 0 Å². The molecular weight excluding hydrogens is 538 g/mol. The third-order valence-electron chi connectivity index (χ3n) is 9.19. The number of phenolic OH excluding ortho intramolecular Hbond substituents is 1. The third-order valence-corrected chi connectivity index (χ3v) is 9.19. The van der Waals surface area contributed by atoms with Crippen LogP contribution in [0.15, 0.2) is 53.3 Å². The normalized spacial score (nSPS) is 27.1. The summed E-state index contributed by atoms with van der Waals surface area (Å²) in [6.45, 7) is 1.76. The molecule has 222 valence electrons. The number of primary amides is 1. The molecule has 0 unspecified atom stereocenters. The molecular formula is C32H37N3O7. The van der Waals surface area contributed by atoms with E-state index in [1.165, 1.54) is 4.90 Å². The van der Waals surface area contributed by atoms with E-state index in [1.54, 1.807) is 21.0 Å². The molecule has 0 heterocycles. The van der Waals surface area contributed by atoms with Crippen LogP contribution < -0.4 is 10.6 Å². The first-order valence-electron chi connectivity index (χ1n) is 13.9. The van der Waals surface area contributed by atoms with Crippen molar-refractivity contribution in [3.8, 4) is 5.75 Å². The molecule has 2 aromatic carbocycles. The van der Waals surface area contributed by atoms with Gasteiger partial charge in [0.2, 0.25) is 5.78 Å². The number of phenols is 1. The lowest BCUT2D eigenvalue weighted by Gasteiger charge is -2.54. The summed E-state index contributed by atoms with van der Waals surface area (Å²) in [6, 6.07) is 10.5. The summed E-state index contributed by atoms with van der Waals surface area (Å²) >= 11 is 0. The van der Waals surface area contributed by atoms with Crippen molar-refractivity contribution in [2.75, 3.05) is 33.1 Å². The number of carbonyl (C=O) groups is 3. The first-order valence-corrected chi connectivity index (χ1v) is 13.9. The molecule has 0 aromatic heterocycles. The molecule has 0 radical (unpaired) electrons.